The van der Waals surface area contributed by atoms with Crippen molar-refractivity contribution in [2.75, 3.05) is 7.18 Å². The molecule has 0 atom stereocenters. The molecule has 1 radical (unpaired) electrons. The van der Waals surface area contributed by atoms with E-state index in [0.29, 0.717) is 7.18 Å². The van der Waals surface area contributed by atoms with Crippen LogP contribution in [-0.2, 0) is 17.1 Å². The van der Waals surface area contributed by atoms with Crippen molar-refractivity contribution in [3.05, 3.63) is 0 Å². The average Bonchev–Trinajstić information content (AvgIpc) is 1.00. The molecule has 0 bridgehead atoms. The third-order valence-electron chi connectivity index (χ3n) is 0. The van der Waals surface area contributed by atoms with Crippen LogP contribution >= 0.6 is 0 Å². The summed E-state index contributed by atoms with van der Waals surface area (Å²) in [7, 11) is 0.500. The Hall–Kier alpha value is 1.75. The van der Waals surface area contributed by atoms with Gasteiger partial charge in [-0.3, -0.25) is 4.39 Å². The Kier molecular flexibility index (Phi) is 250. The van der Waals surface area contributed by atoms with Crippen molar-refractivity contribution < 1.29 is 24.3 Å². The molecule has 0 saturated heterocycles. The van der Waals surface area contributed by atoms with Gasteiger partial charge < -0.3 is 2.85 Å². The van der Waals surface area contributed by atoms with Gasteiger partial charge in [-0.15, -0.1) is 0 Å². The van der Waals surface area contributed by atoms with Crippen LogP contribution in [0.5, 0.6) is 0 Å². The zero-order chi connectivity index (χ0) is 2.00. The van der Waals surface area contributed by atoms with E-state index in [1.54, 1.807) is 0 Å². The van der Waals surface area contributed by atoms with Gasteiger partial charge in [-0.25, -0.2) is 0 Å². The number of rotatable bonds is 0. The van der Waals surface area contributed by atoms with Crippen molar-refractivity contribution in [1.82, 2.24) is 0 Å². The van der Waals surface area contributed by atoms with Gasteiger partial charge in [0.2, 0.25) is 0 Å². The second-order valence-electron chi connectivity index (χ2n) is 0. The molecule has 0 N–H and O–H groups in total. The van der Waals surface area contributed by atoms with Crippen LogP contribution in [0.4, 0.5) is 4.39 Å². The van der Waals surface area contributed by atoms with Crippen LogP contribution in [0.3, 0.4) is 0 Å². The molecule has 0 aliphatic rings. The third kappa shape index (κ3) is 26.4. The molecule has 0 saturated carbocycles. The summed E-state index contributed by atoms with van der Waals surface area (Å²) in [6.07, 6.45) is 0. The van der Waals surface area contributed by atoms with Crippen LogP contribution in [0.2, 0.25) is 0 Å². The molecule has 0 aliphatic carbocycles. The number of alkyl halides is 1. The van der Waals surface area contributed by atoms with E-state index in [4.69, 9.17) is 0 Å². The zero-order valence-electron chi connectivity index (χ0n) is 4.46. The molecule has 0 aliphatic heterocycles. The van der Waals surface area contributed by atoms with E-state index in [0.717, 1.165) is 0 Å². The monoisotopic (exact) mass is 145 g/mol. The number of halogens is 1. The summed E-state index contributed by atoms with van der Waals surface area (Å²) in [4.78, 5) is 0. The molecule has 0 nitrogen and oxygen atoms in total. The first-order valence-electron chi connectivity index (χ1n) is 0.378. The fraction of sp³-hybridized carbons (Fsp3) is 1.00. The van der Waals surface area contributed by atoms with Crippen LogP contribution in [0.25, 0.3) is 0 Å². The molecule has 0 fully saturated rings. The summed E-state index contributed by atoms with van der Waals surface area (Å²) in [5.41, 5.74) is 0. The first-order valence-corrected chi connectivity index (χ1v) is 0.378. The van der Waals surface area contributed by atoms with Crippen LogP contribution in [0.1, 0.15) is 2.85 Å². The average molecular weight is 145 g/mol. The zero-order valence-corrected chi connectivity index (χ0v) is 5.06. The molecular weight excluding hydrogens is 137 g/mol. The van der Waals surface area contributed by atoms with Crippen LogP contribution in [0, 0.1) is 0 Å². The topological polar surface area (TPSA) is 0 Å². The molecule has 31 valence electrons. The fourth-order valence-electron chi connectivity index (χ4n) is 0. The minimum atomic E-state index is 0. The van der Waals surface area contributed by atoms with E-state index < -0.39 is 0 Å². The molecule has 0 rings (SSSR count). The third-order valence-corrected chi connectivity index (χ3v) is 0. The van der Waals surface area contributed by atoms with Crippen LogP contribution in [0.15, 0.2) is 0 Å². The van der Waals surface area contributed by atoms with E-state index in [1.165, 1.54) is 0 Å². The van der Waals surface area contributed by atoms with Gasteiger partial charge in [0.25, 0.3) is 0 Å². The van der Waals surface area contributed by atoms with Gasteiger partial charge in [0.1, 0.15) is 0 Å². The Morgan fingerprint density at radius 1 is 1.40 bits per heavy atom. The Morgan fingerprint density at radius 2 is 1.40 bits per heavy atom. The molecule has 0 unspecified atom stereocenters. The maximum atomic E-state index is 9.50. The van der Waals surface area contributed by atoms with Gasteiger partial charge in [-0.2, -0.15) is 0 Å². The molecule has 0 aromatic heterocycles. The molecular formula is CH8AlFMgMn. The SMILES string of the molecule is CF.[AlH3].[H-].[H-].[Mg+2].[Mn]. The van der Waals surface area contributed by atoms with Crippen molar-refractivity contribution in [2.24, 2.45) is 0 Å². The van der Waals surface area contributed by atoms with E-state index in [-0.39, 0.29) is 60.3 Å². The molecule has 0 heterocycles. The van der Waals surface area contributed by atoms with Crippen molar-refractivity contribution >= 4 is 40.4 Å². The second kappa shape index (κ2) is 42.4. The van der Waals surface area contributed by atoms with Gasteiger partial charge in [0.15, 0.2) is 17.4 Å². The Bertz CT molecular complexity index is 17.7. The maximum absolute atomic E-state index is 9.50. The van der Waals surface area contributed by atoms with Gasteiger partial charge >= 0.3 is 23.1 Å². The quantitative estimate of drug-likeness (QED) is 0.393. The van der Waals surface area contributed by atoms with Crippen molar-refractivity contribution in [1.29, 1.82) is 0 Å². The number of hydrogen-bond donors (Lipinski definition) is 0. The Morgan fingerprint density at radius 3 is 1.40 bits per heavy atom. The molecule has 0 aromatic rings. The van der Waals surface area contributed by atoms with Gasteiger partial charge in [0.05, 0.1) is 7.18 Å². The summed E-state index contributed by atoms with van der Waals surface area (Å²) in [6, 6.07) is 0. The van der Waals surface area contributed by atoms with Crippen molar-refractivity contribution in [3.8, 4) is 0 Å². The van der Waals surface area contributed by atoms with E-state index in [9.17, 15) is 4.39 Å². The minimum Gasteiger partial charge on any atom is -1.00 e. The predicted molar refractivity (Wildman–Crippen MR) is 24.9 cm³/mol. The molecule has 4 heteroatoms. The van der Waals surface area contributed by atoms with E-state index in [2.05, 4.69) is 0 Å². The Labute approximate surface area is 71.6 Å². The van der Waals surface area contributed by atoms with Gasteiger partial charge in [-0.1, -0.05) is 0 Å². The van der Waals surface area contributed by atoms with Crippen LogP contribution in [-0.4, -0.2) is 47.6 Å². The minimum absolute atomic E-state index is 0. The first kappa shape index (κ1) is 29.5. The van der Waals surface area contributed by atoms with E-state index >= 15 is 0 Å². The standard InChI is InChI=1S/CH3F.Al.Mg.Mn.5H/c1-2;;;;;;;;/h1H3;;;;;;;;/q;;+2;;;;;2*-1. The van der Waals surface area contributed by atoms with E-state index in [1.807, 2.05) is 0 Å². The van der Waals surface area contributed by atoms with Gasteiger partial charge in [0, 0.05) is 17.1 Å². The van der Waals surface area contributed by atoms with Crippen molar-refractivity contribution in [3.63, 3.8) is 0 Å². The maximum Gasteiger partial charge on any atom is 2.00 e. The van der Waals surface area contributed by atoms with Crippen molar-refractivity contribution in [2.45, 2.75) is 0 Å². The summed E-state index contributed by atoms with van der Waals surface area (Å²) in [5, 5.41) is 0. The van der Waals surface area contributed by atoms with Gasteiger partial charge in [-0.05, 0) is 0 Å². The molecule has 5 heavy (non-hydrogen) atoms. The summed E-state index contributed by atoms with van der Waals surface area (Å²) < 4.78 is 9.50. The smallest absolute Gasteiger partial charge is 1.00 e. The summed E-state index contributed by atoms with van der Waals surface area (Å²) in [6.45, 7) is 0. The molecule has 0 aromatic carbocycles. The largest absolute Gasteiger partial charge is 2.00 e. The Balaban J connectivity index is -0.000000000500. The summed E-state index contributed by atoms with van der Waals surface area (Å²) in [5.74, 6) is 0. The first-order chi connectivity index (χ1) is 1.00. The molecule has 0 spiro atoms. The molecule has 0 amide bonds. The predicted octanol–water partition coefficient (Wildman–Crippen LogP) is -0.756. The van der Waals surface area contributed by atoms with Crippen LogP contribution < -0.4 is 0 Å². The second-order valence-corrected chi connectivity index (χ2v) is 0. The summed E-state index contributed by atoms with van der Waals surface area (Å²) >= 11 is 0. The normalized spacial score (nSPS) is 1.20. The number of hydrogen-bond acceptors (Lipinski definition) is 0. The fourth-order valence-corrected chi connectivity index (χ4v) is 0.